The second-order valence-electron chi connectivity index (χ2n) is 6.55. The molecule has 1 saturated carbocycles. The number of aromatic nitrogens is 3. The molecule has 1 aliphatic carbocycles. The highest BCUT2D eigenvalue weighted by molar-refractivity contribution is 5.76. The van der Waals surface area contributed by atoms with E-state index in [2.05, 4.69) is 10.4 Å². The minimum atomic E-state index is -0.590. The van der Waals surface area contributed by atoms with Crippen LogP contribution in [-0.4, -0.2) is 42.6 Å². The van der Waals surface area contributed by atoms with Gasteiger partial charge in [-0.15, -0.1) is 0 Å². The maximum absolute atomic E-state index is 12.3. The molecule has 0 spiro atoms. The van der Waals surface area contributed by atoms with E-state index in [1.165, 1.54) is 16.8 Å². The van der Waals surface area contributed by atoms with Crippen molar-refractivity contribution in [2.45, 2.75) is 45.0 Å². The number of nitrogens with zero attached hydrogens (tertiary/aromatic N) is 3. The zero-order valence-corrected chi connectivity index (χ0v) is 14.0. The summed E-state index contributed by atoms with van der Waals surface area (Å²) in [6.45, 7) is 2.27. The number of carbonyl (C=O) groups excluding carboxylic acids is 1. The molecule has 2 aromatic rings. The number of aliphatic hydroxyl groups excluding tert-OH is 1. The first-order valence-electron chi connectivity index (χ1n) is 8.28. The lowest BCUT2D eigenvalue weighted by Crippen LogP contribution is -2.41. The highest BCUT2D eigenvalue weighted by atomic mass is 16.3. The van der Waals surface area contributed by atoms with Crippen molar-refractivity contribution in [1.82, 2.24) is 19.7 Å². The van der Waals surface area contributed by atoms with Gasteiger partial charge in [0, 0.05) is 31.2 Å². The molecule has 8 nitrogen and oxygen atoms in total. The average molecular weight is 346 g/mol. The Kier molecular flexibility index (Phi) is 4.89. The first-order valence-corrected chi connectivity index (χ1v) is 8.28. The Morgan fingerprint density at radius 2 is 2.20 bits per heavy atom. The van der Waals surface area contributed by atoms with Gasteiger partial charge in [-0.05, 0) is 31.7 Å². The summed E-state index contributed by atoms with van der Waals surface area (Å²) in [7, 11) is 0. The molecule has 8 heteroatoms. The number of rotatable bonds is 5. The second kappa shape index (κ2) is 7.10. The minimum absolute atomic E-state index is 0.0211. The van der Waals surface area contributed by atoms with Gasteiger partial charge in [-0.3, -0.25) is 14.3 Å². The van der Waals surface area contributed by atoms with Gasteiger partial charge >= 0.3 is 0 Å². The fraction of sp³-hybridized carbons (Fsp3) is 0.471. The van der Waals surface area contributed by atoms with E-state index in [0.29, 0.717) is 25.1 Å². The molecular weight excluding hydrogens is 324 g/mol. The van der Waals surface area contributed by atoms with Crippen molar-refractivity contribution in [3.8, 4) is 5.75 Å². The van der Waals surface area contributed by atoms with E-state index in [0.717, 1.165) is 0 Å². The highest BCUT2D eigenvalue weighted by Gasteiger charge is 2.34. The Morgan fingerprint density at radius 1 is 1.40 bits per heavy atom. The normalized spacial score (nSPS) is 22.9. The van der Waals surface area contributed by atoms with Gasteiger partial charge in [0.1, 0.15) is 6.54 Å². The molecule has 0 aliphatic heterocycles. The molecule has 1 aliphatic rings. The topological polar surface area (TPSA) is 109 Å². The number of pyridine rings is 1. The SMILES string of the molecule is Cc1c(O)c(=O)ccn1CC(=O)N[C@@H]1CC(Cn2cccn2)C[C@H]1O. The minimum Gasteiger partial charge on any atom is -0.503 e. The van der Waals surface area contributed by atoms with E-state index in [-0.39, 0.29) is 30.2 Å². The van der Waals surface area contributed by atoms with Crippen LogP contribution in [0.25, 0.3) is 0 Å². The van der Waals surface area contributed by atoms with E-state index in [9.17, 15) is 19.8 Å². The van der Waals surface area contributed by atoms with E-state index < -0.39 is 11.5 Å². The fourth-order valence-electron chi connectivity index (χ4n) is 3.34. The molecule has 134 valence electrons. The van der Waals surface area contributed by atoms with Gasteiger partial charge in [-0.1, -0.05) is 0 Å². The van der Waals surface area contributed by atoms with Crippen molar-refractivity contribution >= 4 is 5.91 Å². The molecule has 2 heterocycles. The maximum atomic E-state index is 12.3. The van der Waals surface area contributed by atoms with Gasteiger partial charge in [0.25, 0.3) is 0 Å². The third-order valence-electron chi connectivity index (χ3n) is 4.70. The predicted molar refractivity (Wildman–Crippen MR) is 90.0 cm³/mol. The van der Waals surface area contributed by atoms with Crippen LogP contribution in [0.15, 0.2) is 35.5 Å². The van der Waals surface area contributed by atoms with Crippen molar-refractivity contribution in [2.24, 2.45) is 5.92 Å². The van der Waals surface area contributed by atoms with E-state index >= 15 is 0 Å². The summed E-state index contributed by atoms with van der Waals surface area (Å²) in [5, 5.41) is 26.9. The Balaban J connectivity index is 1.58. The largest absolute Gasteiger partial charge is 0.503 e. The number of hydrogen-bond donors (Lipinski definition) is 3. The number of aliphatic hydroxyl groups is 1. The zero-order valence-electron chi connectivity index (χ0n) is 14.0. The fourth-order valence-corrected chi connectivity index (χ4v) is 3.34. The molecule has 0 bridgehead atoms. The van der Waals surface area contributed by atoms with Crippen LogP contribution in [-0.2, 0) is 17.9 Å². The van der Waals surface area contributed by atoms with Gasteiger partial charge in [0.15, 0.2) is 5.75 Å². The number of aromatic hydroxyl groups is 1. The van der Waals surface area contributed by atoms with Crippen LogP contribution in [0.2, 0.25) is 0 Å². The lowest BCUT2D eigenvalue weighted by atomic mass is 10.1. The summed E-state index contributed by atoms with van der Waals surface area (Å²) in [6, 6.07) is 2.77. The van der Waals surface area contributed by atoms with Crippen LogP contribution in [0.5, 0.6) is 5.75 Å². The van der Waals surface area contributed by atoms with E-state index in [1.807, 2.05) is 16.9 Å². The van der Waals surface area contributed by atoms with Gasteiger partial charge < -0.3 is 20.1 Å². The summed E-state index contributed by atoms with van der Waals surface area (Å²) in [4.78, 5) is 23.6. The van der Waals surface area contributed by atoms with Crippen molar-refractivity contribution in [3.63, 3.8) is 0 Å². The number of hydrogen-bond acceptors (Lipinski definition) is 5. The number of amides is 1. The maximum Gasteiger partial charge on any atom is 0.240 e. The molecule has 3 atom stereocenters. The van der Waals surface area contributed by atoms with Gasteiger partial charge in [-0.25, -0.2) is 0 Å². The third-order valence-corrected chi connectivity index (χ3v) is 4.70. The third kappa shape index (κ3) is 3.90. The molecule has 3 rings (SSSR count). The summed E-state index contributed by atoms with van der Waals surface area (Å²) in [5.41, 5.74) is -0.131. The molecule has 2 aromatic heterocycles. The Bertz CT molecular complexity index is 799. The quantitative estimate of drug-likeness (QED) is 0.707. The first-order chi connectivity index (χ1) is 11.9. The van der Waals surface area contributed by atoms with Crippen LogP contribution in [0, 0.1) is 12.8 Å². The summed E-state index contributed by atoms with van der Waals surface area (Å²) in [5.74, 6) is -0.371. The van der Waals surface area contributed by atoms with Gasteiger partial charge in [-0.2, -0.15) is 5.10 Å². The Hall–Kier alpha value is -2.61. The highest BCUT2D eigenvalue weighted by Crippen LogP contribution is 2.27. The number of carbonyl (C=O) groups is 1. The van der Waals surface area contributed by atoms with Crippen molar-refractivity contribution in [1.29, 1.82) is 0 Å². The van der Waals surface area contributed by atoms with Crippen molar-refractivity contribution in [3.05, 3.63) is 46.6 Å². The molecular formula is C17H22N4O4. The molecule has 0 radical (unpaired) electrons. The van der Waals surface area contributed by atoms with Crippen LogP contribution >= 0.6 is 0 Å². The molecule has 1 fully saturated rings. The van der Waals surface area contributed by atoms with Crippen LogP contribution in [0.4, 0.5) is 0 Å². The molecule has 25 heavy (non-hydrogen) atoms. The molecule has 0 aromatic carbocycles. The standard InChI is InChI=1S/C17H22N4O4/c1-11-17(25)14(22)3-6-20(11)10-16(24)19-13-7-12(8-15(13)23)9-21-5-2-4-18-21/h2-6,12-13,15,23,25H,7-10H2,1H3,(H,19,24)/t12?,13-,15-/m1/s1. The smallest absolute Gasteiger partial charge is 0.240 e. The number of nitrogens with one attached hydrogen (secondary N) is 1. The molecule has 0 saturated heterocycles. The predicted octanol–water partition coefficient (Wildman–Crippen LogP) is 0.0147. The Labute approximate surface area is 144 Å². The van der Waals surface area contributed by atoms with Crippen molar-refractivity contribution in [2.75, 3.05) is 0 Å². The first kappa shape index (κ1) is 17.2. The average Bonchev–Trinajstić information content (AvgIpc) is 3.19. The van der Waals surface area contributed by atoms with Crippen LogP contribution in [0.3, 0.4) is 0 Å². The molecule has 3 N–H and O–H groups in total. The van der Waals surface area contributed by atoms with Crippen molar-refractivity contribution < 1.29 is 15.0 Å². The summed E-state index contributed by atoms with van der Waals surface area (Å²) >= 11 is 0. The lowest BCUT2D eigenvalue weighted by Gasteiger charge is -2.18. The summed E-state index contributed by atoms with van der Waals surface area (Å²) in [6.07, 6.45) is 5.77. The summed E-state index contributed by atoms with van der Waals surface area (Å²) < 4.78 is 3.34. The Morgan fingerprint density at radius 3 is 2.92 bits per heavy atom. The van der Waals surface area contributed by atoms with Crippen LogP contribution < -0.4 is 10.7 Å². The van der Waals surface area contributed by atoms with E-state index in [1.54, 1.807) is 13.1 Å². The van der Waals surface area contributed by atoms with E-state index in [4.69, 9.17) is 0 Å². The van der Waals surface area contributed by atoms with Gasteiger partial charge in [0.2, 0.25) is 11.3 Å². The second-order valence-corrected chi connectivity index (χ2v) is 6.55. The molecule has 1 amide bonds. The molecule has 1 unspecified atom stereocenters. The lowest BCUT2D eigenvalue weighted by molar-refractivity contribution is -0.123. The monoisotopic (exact) mass is 346 g/mol. The van der Waals surface area contributed by atoms with Crippen LogP contribution in [0.1, 0.15) is 18.5 Å². The van der Waals surface area contributed by atoms with Gasteiger partial charge in [0.05, 0.1) is 17.8 Å². The zero-order chi connectivity index (χ0) is 18.0.